The van der Waals surface area contributed by atoms with Crippen molar-refractivity contribution < 1.29 is 10.0 Å². The quantitative estimate of drug-likeness (QED) is 0.491. The first kappa shape index (κ1) is 19.6. The van der Waals surface area contributed by atoms with Crippen LogP contribution in [0.1, 0.15) is 22.8 Å². The summed E-state index contributed by atoms with van der Waals surface area (Å²) in [6, 6.07) is 13.6. The van der Waals surface area contributed by atoms with Gasteiger partial charge < -0.3 is 5.11 Å². The minimum Gasteiger partial charge on any atom is -0.494 e. The lowest BCUT2D eigenvalue weighted by atomic mass is 10.0. The standard InChI is InChI=1S/C20H16N4O5S/c1-23-19(26)17(18(25)22-20(23)27)14-10-16(11-5-4-6-12(9-11)24(28)29)30-15-8-3-2-7-13(15)21-14/h2-9,16,26H,10H2,1H3,(H,22,25,27). The van der Waals surface area contributed by atoms with Crippen molar-refractivity contribution in [3.8, 4) is 5.88 Å². The molecule has 1 unspecified atom stereocenters. The fourth-order valence-corrected chi connectivity index (χ4v) is 4.48. The molecule has 0 amide bonds. The van der Waals surface area contributed by atoms with Gasteiger partial charge in [0, 0.05) is 35.7 Å². The normalized spacial score (nSPS) is 15.8. The van der Waals surface area contributed by atoms with Crippen molar-refractivity contribution in [2.75, 3.05) is 0 Å². The van der Waals surface area contributed by atoms with Crippen molar-refractivity contribution in [1.82, 2.24) is 9.55 Å². The zero-order valence-electron chi connectivity index (χ0n) is 15.7. The van der Waals surface area contributed by atoms with Gasteiger partial charge in [-0.15, -0.1) is 11.8 Å². The van der Waals surface area contributed by atoms with E-state index >= 15 is 0 Å². The van der Waals surface area contributed by atoms with E-state index < -0.39 is 22.1 Å². The third-order valence-electron chi connectivity index (χ3n) is 4.80. The van der Waals surface area contributed by atoms with Gasteiger partial charge in [-0.1, -0.05) is 24.3 Å². The van der Waals surface area contributed by atoms with E-state index in [9.17, 15) is 24.8 Å². The number of rotatable bonds is 3. The lowest BCUT2D eigenvalue weighted by Gasteiger charge is -2.16. The van der Waals surface area contributed by atoms with Crippen molar-refractivity contribution in [3.63, 3.8) is 0 Å². The molecule has 0 saturated carbocycles. The molecule has 30 heavy (non-hydrogen) atoms. The summed E-state index contributed by atoms with van der Waals surface area (Å²) in [6.07, 6.45) is 0.218. The summed E-state index contributed by atoms with van der Waals surface area (Å²) in [6.45, 7) is 0. The number of hydrogen-bond donors (Lipinski definition) is 2. The molecular weight excluding hydrogens is 408 g/mol. The van der Waals surface area contributed by atoms with Crippen LogP contribution in [0.15, 0.2) is 68.0 Å². The van der Waals surface area contributed by atoms with E-state index in [1.165, 1.54) is 30.9 Å². The van der Waals surface area contributed by atoms with Crippen LogP contribution in [-0.2, 0) is 7.05 Å². The van der Waals surface area contributed by atoms with Crippen molar-refractivity contribution in [1.29, 1.82) is 0 Å². The second kappa shape index (κ2) is 7.64. The minimum absolute atomic E-state index is 0.0353. The fraction of sp³-hybridized carbons (Fsp3) is 0.150. The van der Waals surface area contributed by atoms with Gasteiger partial charge in [0.05, 0.1) is 16.3 Å². The van der Waals surface area contributed by atoms with Crippen molar-refractivity contribution in [3.05, 3.63) is 90.6 Å². The molecule has 0 radical (unpaired) electrons. The number of thioether (sulfide) groups is 1. The molecule has 0 bridgehead atoms. The number of aromatic amines is 1. The number of fused-ring (bicyclic) bond motifs is 1. The Morgan fingerprint density at radius 3 is 2.77 bits per heavy atom. The number of aliphatic imine (C=N–C) groups is 1. The van der Waals surface area contributed by atoms with Gasteiger partial charge in [-0.2, -0.15) is 0 Å². The second-order valence-corrected chi connectivity index (χ2v) is 7.95. The summed E-state index contributed by atoms with van der Waals surface area (Å²) < 4.78 is 0.936. The summed E-state index contributed by atoms with van der Waals surface area (Å²) in [5.41, 5.74) is -0.00973. The molecule has 2 N–H and O–H groups in total. The third kappa shape index (κ3) is 3.52. The van der Waals surface area contributed by atoms with Crippen LogP contribution in [0.25, 0.3) is 0 Å². The number of aromatic nitrogens is 2. The molecule has 0 fully saturated rings. The molecule has 2 aromatic carbocycles. The molecular formula is C20H16N4O5S. The van der Waals surface area contributed by atoms with Crippen LogP contribution in [-0.4, -0.2) is 25.3 Å². The van der Waals surface area contributed by atoms with Crippen LogP contribution in [0, 0.1) is 10.1 Å². The van der Waals surface area contributed by atoms with Crippen molar-refractivity contribution in [2.45, 2.75) is 16.6 Å². The first-order valence-corrected chi connectivity index (χ1v) is 9.83. The molecule has 1 aliphatic heterocycles. The predicted octanol–water partition coefficient (Wildman–Crippen LogP) is 3.05. The molecule has 9 nitrogen and oxygen atoms in total. The number of benzene rings is 2. The van der Waals surface area contributed by atoms with E-state index in [1.54, 1.807) is 24.3 Å². The molecule has 1 aliphatic rings. The maximum absolute atomic E-state index is 12.5. The highest BCUT2D eigenvalue weighted by Gasteiger charge is 2.27. The fourth-order valence-electron chi connectivity index (χ4n) is 3.26. The molecule has 0 saturated heterocycles. The van der Waals surface area contributed by atoms with Gasteiger partial charge in [0.2, 0.25) is 5.88 Å². The predicted molar refractivity (Wildman–Crippen MR) is 113 cm³/mol. The van der Waals surface area contributed by atoms with Crippen LogP contribution in [0.2, 0.25) is 0 Å². The number of hydrogen-bond acceptors (Lipinski definition) is 7. The SMILES string of the molecule is Cn1c(O)c(C2=Nc3ccccc3SC(c3cccc([N+](=O)[O-])c3)C2)c(=O)[nH]c1=O. The van der Waals surface area contributed by atoms with E-state index in [2.05, 4.69) is 9.98 Å². The Hall–Kier alpha value is -3.66. The number of nitrogens with one attached hydrogen (secondary N) is 1. The number of nitro groups is 1. The average molecular weight is 424 g/mol. The zero-order chi connectivity index (χ0) is 21.4. The van der Waals surface area contributed by atoms with Crippen LogP contribution >= 0.6 is 11.8 Å². The van der Waals surface area contributed by atoms with E-state index in [4.69, 9.17) is 0 Å². The zero-order valence-corrected chi connectivity index (χ0v) is 16.5. The third-order valence-corrected chi connectivity index (χ3v) is 6.13. The summed E-state index contributed by atoms with van der Waals surface area (Å²) in [7, 11) is 1.34. The number of aromatic hydroxyl groups is 1. The molecule has 1 atom stereocenters. The van der Waals surface area contributed by atoms with Crippen LogP contribution < -0.4 is 11.2 Å². The molecule has 2 heterocycles. The number of non-ortho nitro benzene ring substituents is 1. The summed E-state index contributed by atoms with van der Waals surface area (Å²) in [4.78, 5) is 42.7. The largest absolute Gasteiger partial charge is 0.494 e. The summed E-state index contributed by atoms with van der Waals surface area (Å²) in [5.74, 6) is -0.482. The smallest absolute Gasteiger partial charge is 0.330 e. The number of para-hydroxylation sites is 1. The summed E-state index contributed by atoms with van der Waals surface area (Å²) >= 11 is 1.47. The maximum atomic E-state index is 12.5. The van der Waals surface area contributed by atoms with Gasteiger partial charge in [-0.05, 0) is 17.7 Å². The van der Waals surface area contributed by atoms with Gasteiger partial charge in [0.25, 0.3) is 11.2 Å². The molecule has 10 heteroatoms. The Bertz CT molecular complexity index is 1310. The Morgan fingerprint density at radius 1 is 1.23 bits per heavy atom. The summed E-state index contributed by atoms with van der Waals surface area (Å²) in [5, 5.41) is 21.4. The van der Waals surface area contributed by atoms with Gasteiger partial charge in [0.1, 0.15) is 5.56 Å². The highest BCUT2D eigenvalue weighted by molar-refractivity contribution is 7.99. The maximum Gasteiger partial charge on any atom is 0.330 e. The number of H-pyrrole nitrogens is 1. The Labute approximate surface area is 173 Å². The number of nitro benzene ring substituents is 1. The lowest BCUT2D eigenvalue weighted by molar-refractivity contribution is -0.384. The minimum atomic E-state index is -0.739. The number of nitrogens with zero attached hydrogens (tertiary/aromatic N) is 3. The van der Waals surface area contributed by atoms with Crippen molar-refractivity contribution in [2.24, 2.45) is 12.0 Å². The van der Waals surface area contributed by atoms with E-state index in [0.29, 0.717) is 17.0 Å². The van der Waals surface area contributed by atoms with Crippen molar-refractivity contribution >= 4 is 28.8 Å². The molecule has 4 rings (SSSR count). The molecule has 0 aliphatic carbocycles. The Balaban J connectivity index is 1.90. The topological polar surface area (TPSA) is 131 Å². The first-order chi connectivity index (χ1) is 14.3. The Morgan fingerprint density at radius 2 is 2.00 bits per heavy atom. The molecule has 0 spiro atoms. The highest BCUT2D eigenvalue weighted by atomic mass is 32.2. The van der Waals surface area contributed by atoms with Crippen LogP contribution in [0.3, 0.4) is 0 Å². The average Bonchev–Trinajstić information content (AvgIpc) is 2.92. The van der Waals surface area contributed by atoms with Crippen LogP contribution in [0.5, 0.6) is 5.88 Å². The first-order valence-electron chi connectivity index (χ1n) is 8.95. The second-order valence-electron chi connectivity index (χ2n) is 6.71. The Kier molecular flexibility index (Phi) is 5.00. The lowest BCUT2D eigenvalue weighted by Crippen LogP contribution is -2.32. The molecule has 1 aromatic heterocycles. The van der Waals surface area contributed by atoms with Gasteiger partial charge in [-0.25, -0.2) is 4.79 Å². The van der Waals surface area contributed by atoms with Gasteiger partial charge in [0.15, 0.2) is 0 Å². The van der Waals surface area contributed by atoms with Gasteiger partial charge >= 0.3 is 5.69 Å². The van der Waals surface area contributed by atoms with E-state index in [-0.39, 0.29) is 22.9 Å². The molecule has 3 aromatic rings. The van der Waals surface area contributed by atoms with Crippen LogP contribution in [0.4, 0.5) is 11.4 Å². The van der Waals surface area contributed by atoms with Gasteiger partial charge in [-0.3, -0.25) is 29.5 Å². The molecule has 152 valence electrons. The van der Waals surface area contributed by atoms with E-state index in [0.717, 1.165) is 9.46 Å². The highest BCUT2D eigenvalue weighted by Crippen LogP contribution is 2.46. The van der Waals surface area contributed by atoms with E-state index in [1.807, 2.05) is 12.1 Å². The monoisotopic (exact) mass is 424 g/mol.